The van der Waals surface area contributed by atoms with E-state index in [1.54, 1.807) is 0 Å². The van der Waals surface area contributed by atoms with Gasteiger partial charge in [-0.15, -0.1) is 11.3 Å². The van der Waals surface area contributed by atoms with E-state index in [1.807, 2.05) is 47.8 Å². The van der Waals surface area contributed by atoms with Crippen LogP contribution in [-0.2, 0) is 17.8 Å². The lowest BCUT2D eigenvalue weighted by atomic mass is 10.1. The summed E-state index contributed by atoms with van der Waals surface area (Å²) in [6.45, 7) is 0.498. The van der Waals surface area contributed by atoms with Crippen molar-refractivity contribution in [2.24, 2.45) is 0 Å². The summed E-state index contributed by atoms with van der Waals surface area (Å²) in [4.78, 5) is 39.0. The van der Waals surface area contributed by atoms with Crippen LogP contribution in [-0.4, -0.2) is 25.1 Å². The summed E-state index contributed by atoms with van der Waals surface area (Å²) >= 11 is 1.51. The van der Waals surface area contributed by atoms with Crippen molar-refractivity contribution in [2.45, 2.75) is 13.1 Å². The number of urea groups is 1. The number of thiophene rings is 1. The Morgan fingerprint density at radius 2 is 1.83 bits per heavy atom. The Morgan fingerprint density at radius 3 is 2.47 bits per heavy atom. The zero-order valence-corrected chi connectivity index (χ0v) is 17.0. The van der Waals surface area contributed by atoms with E-state index in [4.69, 9.17) is 4.74 Å². The van der Waals surface area contributed by atoms with E-state index in [0.717, 1.165) is 16.5 Å². The summed E-state index contributed by atoms with van der Waals surface area (Å²) < 4.78 is 4.80. The number of anilines is 1. The van der Waals surface area contributed by atoms with Crippen molar-refractivity contribution in [1.82, 2.24) is 5.32 Å². The Bertz CT molecular complexity index is 1030. The number of rotatable bonds is 7. The molecule has 0 saturated heterocycles. The molecule has 0 aliphatic heterocycles. The second kappa shape index (κ2) is 9.71. The second-order valence-electron chi connectivity index (χ2n) is 6.32. The number of carboxylic acids is 1. The first kappa shape index (κ1) is 21.1. The summed E-state index contributed by atoms with van der Waals surface area (Å²) in [5.74, 6) is -2.18. The molecule has 30 heavy (non-hydrogen) atoms. The normalized spacial score (nSPS) is 10.3. The largest absolute Gasteiger partial charge is 0.545 e. The summed E-state index contributed by atoms with van der Waals surface area (Å²) in [6, 6.07) is 16.5. The number of carboxylic acid groups (broad SMARTS) is 1. The molecule has 0 aliphatic carbocycles. The number of methoxy groups -OCH3 is 1. The van der Waals surface area contributed by atoms with Gasteiger partial charge in [-0.3, -0.25) is 4.90 Å². The van der Waals surface area contributed by atoms with Gasteiger partial charge >= 0.3 is 12.0 Å². The van der Waals surface area contributed by atoms with Gasteiger partial charge in [0.25, 0.3) is 0 Å². The third kappa shape index (κ3) is 5.03. The fraction of sp³-hybridized carbons (Fsp3) is 0.136. The maximum Gasteiger partial charge on any atom is 0.340 e. The Hall–Kier alpha value is -3.65. The van der Waals surface area contributed by atoms with Crippen LogP contribution in [0.1, 0.15) is 31.2 Å². The van der Waals surface area contributed by atoms with Crippen molar-refractivity contribution in [3.05, 3.63) is 87.6 Å². The highest BCUT2D eigenvalue weighted by Crippen LogP contribution is 2.25. The fourth-order valence-corrected chi connectivity index (χ4v) is 3.52. The van der Waals surface area contributed by atoms with Crippen molar-refractivity contribution < 1.29 is 24.2 Å². The van der Waals surface area contributed by atoms with Crippen LogP contribution in [0.25, 0.3) is 0 Å². The zero-order valence-electron chi connectivity index (χ0n) is 16.2. The molecule has 2 amide bonds. The number of hydrogen-bond acceptors (Lipinski definition) is 6. The van der Waals surface area contributed by atoms with Gasteiger partial charge in [0.2, 0.25) is 0 Å². The Kier molecular flexibility index (Phi) is 6.82. The van der Waals surface area contributed by atoms with Gasteiger partial charge in [-0.05, 0) is 34.7 Å². The molecule has 0 saturated carbocycles. The number of carbonyl (C=O) groups is 3. The highest BCUT2D eigenvalue weighted by molar-refractivity contribution is 7.09. The average Bonchev–Trinajstić information content (AvgIpc) is 3.29. The van der Waals surface area contributed by atoms with Crippen LogP contribution in [0.2, 0.25) is 0 Å². The zero-order chi connectivity index (χ0) is 21.5. The molecule has 2 aromatic carbocycles. The van der Waals surface area contributed by atoms with Crippen molar-refractivity contribution in [2.75, 3.05) is 12.0 Å². The molecule has 0 bridgehead atoms. The molecule has 0 radical (unpaired) electrons. The molecule has 0 atom stereocenters. The lowest BCUT2D eigenvalue weighted by molar-refractivity contribution is -0.255. The molecule has 0 spiro atoms. The Balaban J connectivity index is 1.98. The number of ether oxygens (including phenoxy) is 1. The van der Waals surface area contributed by atoms with Gasteiger partial charge in [-0.1, -0.05) is 42.5 Å². The molecule has 8 heteroatoms. The van der Waals surface area contributed by atoms with Crippen molar-refractivity contribution in [1.29, 1.82) is 0 Å². The summed E-state index contributed by atoms with van der Waals surface area (Å²) in [5.41, 5.74) is 0.849. The molecule has 3 rings (SSSR count). The predicted octanol–water partition coefficient (Wildman–Crippen LogP) is 2.81. The van der Waals surface area contributed by atoms with Crippen LogP contribution in [0.5, 0.6) is 0 Å². The minimum atomic E-state index is -1.43. The third-order valence-corrected chi connectivity index (χ3v) is 5.23. The average molecular weight is 423 g/mol. The number of hydrogen-bond donors (Lipinski definition) is 1. The number of esters is 1. The first-order valence-electron chi connectivity index (χ1n) is 9.05. The highest BCUT2D eigenvalue weighted by Gasteiger charge is 2.23. The summed E-state index contributed by atoms with van der Waals surface area (Å²) in [7, 11) is 1.19. The topological polar surface area (TPSA) is 98.8 Å². The fourth-order valence-electron chi connectivity index (χ4n) is 2.88. The summed E-state index contributed by atoms with van der Waals surface area (Å²) in [6.07, 6.45) is 0. The highest BCUT2D eigenvalue weighted by atomic mass is 32.1. The van der Waals surface area contributed by atoms with E-state index in [1.165, 1.54) is 35.5 Å². The van der Waals surface area contributed by atoms with Crippen molar-refractivity contribution in [3.63, 3.8) is 0 Å². The Morgan fingerprint density at radius 1 is 1.07 bits per heavy atom. The molecular weight excluding hydrogens is 404 g/mol. The molecule has 0 fully saturated rings. The molecule has 154 valence electrons. The van der Waals surface area contributed by atoms with Gasteiger partial charge in [-0.25, -0.2) is 9.59 Å². The lowest BCUT2D eigenvalue weighted by Gasteiger charge is -2.25. The number of amides is 2. The second-order valence-corrected chi connectivity index (χ2v) is 7.35. The Labute approximate surface area is 177 Å². The van der Waals surface area contributed by atoms with Crippen LogP contribution >= 0.6 is 11.3 Å². The minimum Gasteiger partial charge on any atom is -0.545 e. The standard InChI is InChI=1S/C22H20N2O5S/c1-29-21(27)18-12-16(20(25)26)9-10-19(18)24(14-15-6-3-2-4-7-15)22(28)23-13-17-8-5-11-30-17/h2-12H,13-14H2,1H3,(H,23,28)(H,25,26)/p-1. The maximum absolute atomic E-state index is 13.1. The van der Waals surface area contributed by atoms with Gasteiger partial charge in [0.1, 0.15) is 0 Å². The molecule has 7 nitrogen and oxygen atoms in total. The SMILES string of the molecule is COC(=O)c1cc(C(=O)[O-])ccc1N(Cc1ccccc1)C(=O)NCc1cccs1. The van der Waals surface area contributed by atoms with Gasteiger partial charge in [0, 0.05) is 4.88 Å². The minimum absolute atomic E-state index is 0.0404. The number of carbonyl (C=O) groups excluding carboxylic acids is 3. The lowest BCUT2D eigenvalue weighted by Crippen LogP contribution is -2.40. The van der Waals surface area contributed by atoms with Crippen molar-refractivity contribution in [3.8, 4) is 0 Å². The molecule has 1 aromatic heterocycles. The van der Waals surface area contributed by atoms with Gasteiger partial charge in [-0.2, -0.15) is 0 Å². The molecule has 0 unspecified atom stereocenters. The number of nitrogens with one attached hydrogen (secondary N) is 1. The predicted molar refractivity (Wildman–Crippen MR) is 111 cm³/mol. The van der Waals surface area contributed by atoms with E-state index in [2.05, 4.69) is 5.32 Å². The van der Waals surface area contributed by atoms with Crippen LogP contribution in [0.3, 0.4) is 0 Å². The van der Waals surface area contributed by atoms with E-state index in [9.17, 15) is 19.5 Å². The van der Waals surface area contributed by atoms with Crippen LogP contribution in [0.4, 0.5) is 10.5 Å². The van der Waals surface area contributed by atoms with Crippen LogP contribution in [0, 0.1) is 0 Å². The maximum atomic E-state index is 13.1. The van der Waals surface area contributed by atoms with E-state index in [0.29, 0.717) is 6.54 Å². The van der Waals surface area contributed by atoms with Crippen LogP contribution in [0.15, 0.2) is 66.0 Å². The van der Waals surface area contributed by atoms with Gasteiger partial charge < -0.3 is 20.0 Å². The first-order chi connectivity index (χ1) is 14.5. The van der Waals surface area contributed by atoms with Gasteiger partial charge in [0.15, 0.2) is 0 Å². The first-order valence-corrected chi connectivity index (χ1v) is 9.93. The third-order valence-electron chi connectivity index (χ3n) is 4.35. The smallest absolute Gasteiger partial charge is 0.340 e. The number of benzene rings is 2. The van der Waals surface area contributed by atoms with E-state index in [-0.39, 0.29) is 23.4 Å². The quantitative estimate of drug-likeness (QED) is 0.589. The molecular formula is C22H19N2O5S-. The van der Waals surface area contributed by atoms with E-state index >= 15 is 0 Å². The van der Waals surface area contributed by atoms with Gasteiger partial charge in [0.05, 0.1) is 37.4 Å². The molecule has 3 aromatic rings. The number of nitrogens with zero attached hydrogens (tertiary/aromatic N) is 1. The monoisotopic (exact) mass is 423 g/mol. The number of aromatic carboxylic acids is 1. The summed E-state index contributed by atoms with van der Waals surface area (Å²) in [5, 5.41) is 16.0. The molecule has 0 aliphatic rings. The molecule has 1 N–H and O–H groups in total. The molecule has 1 heterocycles. The van der Waals surface area contributed by atoms with Crippen molar-refractivity contribution >= 4 is 35.0 Å². The van der Waals surface area contributed by atoms with E-state index < -0.39 is 18.0 Å². The van der Waals surface area contributed by atoms with Crippen LogP contribution < -0.4 is 15.3 Å².